The van der Waals surface area contributed by atoms with Crippen LogP contribution in [0.1, 0.15) is 0 Å². The minimum atomic E-state index is 0.146. The van der Waals surface area contributed by atoms with Gasteiger partial charge in [-0.2, -0.15) is 0 Å². The molecule has 1 aliphatic rings. The smallest absolute Gasteiger partial charge is 0.298 e. The van der Waals surface area contributed by atoms with Crippen molar-refractivity contribution in [2.45, 2.75) is 6.10 Å². The van der Waals surface area contributed by atoms with E-state index >= 15 is 0 Å². The van der Waals surface area contributed by atoms with Crippen molar-refractivity contribution in [3.63, 3.8) is 0 Å². The van der Waals surface area contributed by atoms with Crippen LogP contribution in [0.2, 0.25) is 5.02 Å². The molecule has 0 radical (unpaired) electrons. The molecule has 4 nitrogen and oxygen atoms in total. The molecule has 1 fully saturated rings. The van der Waals surface area contributed by atoms with Crippen molar-refractivity contribution in [2.75, 3.05) is 13.2 Å². The second-order valence-electron chi connectivity index (χ2n) is 3.05. The Hall–Kier alpha value is -1.26. The highest BCUT2D eigenvalue weighted by atomic mass is 35.5. The molecule has 0 aliphatic carbocycles. The number of hydrogen-bond donors (Lipinski definition) is 0. The van der Waals surface area contributed by atoms with Gasteiger partial charge in [0, 0.05) is 0 Å². The van der Waals surface area contributed by atoms with Crippen LogP contribution in [0.15, 0.2) is 18.2 Å². The molecule has 0 aromatic heterocycles. The van der Waals surface area contributed by atoms with Crippen molar-refractivity contribution in [2.24, 2.45) is 0 Å². The Balaban J connectivity index is 2.11. The number of ether oxygens (including phenoxy) is 3. The predicted molar refractivity (Wildman–Crippen MR) is 53.4 cm³/mol. The average Bonchev–Trinajstić information content (AvgIpc) is 3.03. The van der Waals surface area contributed by atoms with E-state index in [1.165, 1.54) is 0 Å². The minimum Gasteiger partial charge on any atom is -0.487 e. The molecule has 1 aliphatic heterocycles. The molecule has 5 heteroatoms. The summed E-state index contributed by atoms with van der Waals surface area (Å²) < 4.78 is 15.1. The van der Waals surface area contributed by atoms with E-state index in [1.807, 2.05) is 0 Å². The van der Waals surface area contributed by atoms with Gasteiger partial charge in [-0.25, -0.2) is 0 Å². The molecule has 0 N–H and O–H groups in total. The summed E-state index contributed by atoms with van der Waals surface area (Å²) in [6.45, 7) is 1.47. The van der Waals surface area contributed by atoms with Crippen LogP contribution in [-0.2, 0) is 9.53 Å². The van der Waals surface area contributed by atoms with Crippen LogP contribution in [0.4, 0.5) is 0 Å². The van der Waals surface area contributed by atoms with Gasteiger partial charge in [0.15, 0.2) is 11.5 Å². The van der Waals surface area contributed by atoms with Gasteiger partial charge in [-0.05, 0) is 12.1 Å². The van der Waals surface area contributed by atoms with Crippen molar-refractivity contribution >= 4 is 18.1 Å². The normalized spacial score (nSPS) is 18.3. The fourth-order valence-corrected chi connectivity index (χ4v) is 1.32. The lowest BCUT2D eigenvalue weighted by atomic mass is 10.3. The van der Waals surface area contributed by atoms with Crippen molar-refractivity contribution in [3.8, 4) is 11.5 Å². The molecular formula is C10H9ClO4. The highest BCUT2D eigenvalue weighted by Gasteiger charge is 2.24. The van der Waals surface area contributed by atoms with Crippen LogP contribution in [0.5, 0.6) is 11.5 Å². The maximum atomic E-state index is 10.3. The second-order valence-corrected chi connectivity index (χ2v) is 3.45. The highest BCUT2D eigenvalue weighted by molar-refractivity contribution is 6.32. The molecule has 0 bridgehead atoms. The molecule has 0 amide bonds. The van der Waals surface area contributed by atoms with Gasteiger partial charge in [-0.3, -0.25) is 4.79 Å². The Kier molecular flexibility index (Phi) is 3.08. The third-order valence-corrected chi connectivity index (χ3v) is 2.22. The summed E-state index contributed by atoms with van der Waals surface area (Å²) in [6.07, 6.45) is 0.146. The zero-order chi connectivity index (χ0) is 10.7. The van der Waals surface area contributed by atoms with Gasteiger partial charge in [0.05, 0.1) is 11.6 Å². The quantitative estimate of drug-likeness (QED) is 0.568. The summed E-state index contributed by atoms with van der Waals surface area (Å²) >= 11 is 5.84. The maximum Gasteiger partial charge on any atom is 0.298 e. The first-order valence-corrected chi connectivity index (χ1v) is 4.82. The van der Waals surface area contributed by atoms with Crippen molar-refractivity contribution in [3.05, 3.63) is 23.2 Å². The van der Waals surface area contributed by atoms with Crippen molar-refractivity contribution < 1.29 is 19.0 Å². The molecule has 1 unspecified atom stereocenters. The van der Waals surface area contributed by atoms with Gasteiger partial charge < -0.3 is 14.2 Å². The van der Waals surface area contributed by atoms with E-state index in [0.29, 0.717) is 30.5 Å². The molecule has 1 atom stereocenters. The number of carbonyl (C=O) groups excluding carboxylic acids is 1. The third-order valence-electron chi connectivity index (χ3n) is 1.92. The highest BCUT2D eigenvalue weighted by Crippen LogP contribution is 2.34. The SMILES string of the molecule is O=COc1c(Cl)cccc1OCC1CO1. The van der Waals surface area contributed by atoms with Gasteiger partial charge in [-0.15, -0.1) is 0 Å². The first kappa shape index (κ1) is 10.3. The second kappa shape index (κ2) is 4.51. The standard InChI is InChI=1S/C10H9ClO4/c11-8-2-1-3-9(10(8)15-6-12)14-5-7-4-13-7/h1-3,6-7H,4-5H2. The van der Waals surface area contributed by atoms with E-state index in [-0.39, 0.29) is 11.9 Å². The fraction of sp³-hybridized carbons (Fsp3) is 0.300. The van der Waals surface area contributed by atoms with Gasteiger partial charge in [0.25, 0.3) is 6.47 Å². The van der Waals surface area contributed by atoms with E-state index < -0.39 is 0 Å². The summed E-state index contributed by atoms with van der Waals surface area (Å²) in [5, 5.41) is 0.344. The van der Waals surface area contributed by atoms with E-state index in [2.05, 4.69) is 0 Å². The van der Waals surface area contributed by atoms with Crippen LogP contribution in [0, 0.1) is 0 Å². The van der Waals surface area contributed by atoms with E-state index in [9.17, 15) is 4.79 Å². The van der Waals surface area contributed by atoms with Crippen LogP contribution in [-0.4, -0.2) is 25.8 Å². The molecular weight excluding hydrogens is 220 g/mol. The lowest BCUT2D eigenvalue weighted by Crippen LogP contribution is -2.05. The van der Waals surface area contributed by atoms with E-state index in [4.69, 9.17) is 25.8 Å². The first-order valence-electron chi connectivity index (χ1n) is 4.44. The number of para-hydroxylation sites is 1. The fourth-order valence-electron chi connectivity index (χ4n) is 1.11. The van der Waals surface area contributed by atoms with Crippen LogP contribution in [0.25, 0.3) is 0 Å². The minimum absolute atomic E-state index is 0.146. The number of benzene rings is 1. The van der Waals surface area contributed by atoms with E-state index in [1.54, 1.807) is 18.2 Å². The van der Waals surface area contributed by atoms with Gasteiger partial charge >= 0.3 is 0 Å². The zero-order valence-electron chi connectivity index (χ0n) is 7.81. The van der Waals surface area contributed by atoms with Crippen molar-refractivity contribution in [1.82, 2.24) is 0 Å². The van der Waals surface area contributed by atoms with Crippen LogP contribution < -0.4 is 9.47 Å². The lowest BCUT2D eigenvalue weighted by Gasteiger charge is -2.09. The third kappa shape index (κ3) is 2.61. The Bertz CT molecular complexity index is 362. The Morgan fingerprint density at radius 1 is 1.60 bits per heavy atom. The molecule has 2 rings (SSSR count). The number of carbonyl (C=O) groups is 1. The van der Waals surface area contributed by atoms with Crippen molar-refractivity contribution in [1.29, 1.82) is 0 Å². The average molecular weight is 229 g/mol. The largest absolute Gasteiger partial charge is 0.487 e. The van der Waals surface area contributed by atoms with Crippen LogP contribution in [0.3, 0.4) is 0 Å². The molecule has 80 valence electrons. The number of halogens is 1. The topological polar surface area (TPSA) is 48.1 Å². The summed E-state index contributed by atoms with van der Waals surface area (Å²) in [5.41, 5.74) is 0. The Labute approximate surface area is 91.7 Å². The molecule has 15 heavy (non-hydrogen) atoms. The van der Waals surface area contributed by atoms with Gasteiger partial charge in [0.2, 0.25) is 0 Å². The molecule has 1 heterocycles. The molecule has 1 aromatic carbocycles. The molecule has 1 aromatic rings. The first-order chi connectivity index (χ1) is 7.31. The summed E-state index contributed by atoms with van der Waals surface area (Å²) in [6, 6.07) is 5.04. The lowest BCUT2D eigenvalue weighted by molar-refractivity contribution is -0.120. The number of hydrogen-bond acceptors (Lipinski definition) is 4. The number of epoxide rings is 1. The number of rotatable bonds is 5. The Morgan fingerprint density at radius 3 is 3.07 bits per heavy atom. The van der Waals surface area contributed by atoms with Crippen LogP contribution >= 0.6 is 11.6 Å². The molecule has 0 spiro atoms. The van der Waals surface area contributed by atoms with Gasteiger partial charge in [-0.1, -0.05) is 17.7 Å². The molecule has 1 saturated heterocycles. The Morgan fingerprint density at radius 2 is 2.40 bits per heavy atom. The van der Waals surface area contributed by atoms with E-state index in [0.717, 1.165) is 0 Å². The monoisotopic (exact) mass is 228 g/mol. The summed E-state index contributed by atoms with van der Waals surface area (Å²) in [7, 11) is 0. The zero-order valence-corrected chi connectivity index (χ0v) is 8.57. The summed E-state index contributed by atoms with van der Waals surface area (Å²) in [5.74, 6) is 0.694. The molecule has 0 saturated carbocycles. The maximum absolute atomic E-state index is 10.3. The van der Waals surface area contributed by atoms with Gasteiger partial charge in [0.1, 0.15) is 12.7 Å². The summed E-state index contributed by atoms with van der Waals surface area (Å²) in [4.78, 5) is 10.3. The predicted octanol–water partition coefficient (Wildman–Crippen LogP) is 1.65.